The minimum Gasteiger partial charge on any atom is -0.310 e. The lowest BCUT2D eigenvalue weighted by molar-refractivity contribution is 0.548. The van der Waals surface area contributed by atoms with Gasteiger partial charge in [-0.1, -0.05) is 52.1 Å². The first-order chi connectivity index (χ1) is 9.99. The SMILES string of the molecule is CCNC(Cc1ccc(F)cc1Br)c1cc(Cl)cc(Cl)c1. The molecule has 0 fully saturated rings. The minimum atomic E-state index is -0.253. The van der Waals surface area contributed by atoms with Crippen LogP contribution in [-0.4, -0.2) is 6.54 Å². The molecule has 2 aromatic carbocycles. The van der Waals surface area contributed by atoms with Gasteiger partial charge in [0.15, 0.2) is 0 Å². The van der Waals surface area contributed by atoms with Crippen molar-refractivity contribution in [3.8, 4) is 0 Å². The fourth-order valence-electron chi connectivity index (χ4n) is 2.24. The third-order valence-corrected chi connectivity index (χ3v) is 4.35. The van der Waals surface area contributed by atoms with Crippen molar-refractivity contribution in [2.45, 2.75) is 19.4 Å². The van der Waals surface area contributed by atoms with Crippen LogP contribution in [-0.2, 0) is 6.42 Å². The number of benzene rings is 2. The summed E-state index contributed by atoms with van der Waals surface area (Å²) in [7, 11) is 0. The van der Waals surface area contributed by atoms with E-state index in [1.54, 1.807) is 12.1 Å². The van der Waals surface area contributed by atoms with Gasteiger partial charge in [0.1, 0.15) is 5.82 Å². The van der Waals surface area contributed by atoms with Gasteiger partial charge >= 0.3 is 0 Å². The summed E-state index contributed by atoms with van der Waals surface area (Å²) in [5, 5.41) is 4.63. The summed E-state index contributed by atoms with van der Waals surface area (Å²) in [5.74, 6) is -0.253. The van der Waals surface area contributed by atoms with Gasteiger partial charge < -0.3 is 5.32 Å². The van der Waals surface area contributed by atoms with Gasteiger partial charge in [-0.3, -0.25) is 0 Å². The van der Waals surface area contributed by atoms with E-state index in [2.05, 4.69) is 21.2 Å². The second-order valence-electron chi connectivity index (χ2n) is 4.75. The predicted molar refractivity (Wildman–Crippen MR) is 90.7 cm³/mol. The van der Waals surface area contributed by atoms with Gasteiger partial charge in [-0.2, -0.15) is 0 Å². The van der Waals surface area contributed by atoms with E-state index in [1.807, 2.05) is 19.1 Å². The standard InChI is InChI=1S/C16H15BrCl2FN/c1-2-21-16(11-5-12(18)8-13(19)6-11)7-10-3-4-14(20)9-15(10)17/h3-6,8-9,16,21H,2,7H2,1H3. The van der Waals surface area contributed by atoms with Crippen LogP contribution in [0.2, 0.25) is 10.0 Å². The van der Waals surface area contributed by atoms with Crippen LogP contribution in [0, 0.1) is 5.82 Å². The largest absolute Gasteiger partial charge is 0.310 e. The third kappa shape index (κ3) is 4.68. The molecule has 112 valence electrons. The molecule has 1 nitrogen and oxygen atoms in total. The van der Waals surface area contributed by atoms with Gasteiger partial charge in [0, 0.05) is 20.6 Å². The van der Waals surface area contributed by atoms with Crippen LogP contribution in [0.4, 0.5) is 4.39 Å². The lowest BCUT2D eigenvalue weighted by Gasteiger charge is -2.20. The smallest absolute Gasteiger partial charge is 0.124 e. The Balaban J connectivity index is 2.30. The Hall–Kier alpha value is -0.610. The van der Waals surface area contributed by atoms with Crippen molar-refractivity contribution in [2.75, 3.05) is 6.54 Å². The zero-order chi connectivity index (χ0) is 15.4. The molecule has 0 aliphatic heterocycles. The number of hydrogen-bond acceptors (Lipinski definition) is 1. The van der Waals surface area contributed by atoms with Crippen molar-refractivity contribution in [1.29, 1.82) is 0 Å². The van der Waals surface area contributed by atoms with E-state index in [4.69, 9.17) is 23.2 Å². The van der Waals surface area contributed by atoms with E-state index in [0.717, 1.165) is 22.1 Å². The molecule has 2 aromatic rings. The molecule has 0 heterocycles. The van der Waals surface area contributed by atoms with E-state index >= 15 is 0 Å². The highest BCUT2D eigenvalue weighted by molar-refractivity contribution is 9.10. The van der Waals surface area contributed by atoms with Crippen molar-refractivity contribution in [3.63, 3.8) is 0 Å². The van der Waals surface area contributed by atoms with E-state index in [0.29, 0.717) is 16.5 Å². The van der Waals surface area contributed by atoms with Gasteiger partial charge in [-0.15, -0.1) is 0 Å². The molecule has 0 amide bonds. The molecule has 1 atom stereocenters. The Labute approximate surface area is 142 Å². The Bertz CT molecular complexity index is 613. The highest BCUT2D eigenvalue weighted by Gasteiger charge is 2.14. The van der Waals surface area contributed by atoms with Crippen molar-refractivity contribution < 1.29 is 4.39 Å². The molecule has 0 saturated carbocycles. The van der Waals surface area contributed by atoms with E-state index < -0.39 is 0 Å². The molecule has 1 N–H and O–H groups in total. The number of hydrogen-bond donors (Lipinski definition) is 1. The van der Waals surface area contributed by atoms with Gasteiger partial charge in [0.05, 0.1) is 0 Å². The highest BCUT2D eigenvalue weighted by atomic mass is 79.9. The lowest BCUT2D eigenvalue weighted by atomic mass is 9.98. The van der Waals surface area contributed by atoms with Gasteiger partial charge in [0.2, 0.25) is 0 Å². The Morgan fingerprint density at radius 3 is 2.38 bits per heavy atom. The second kappa shape index (κ2) is 7.59. The van der Waals surface area contributed by atoms with Crippen LogP contribution < -0.4 is 5.32 Å². The fraction of sp³-hybridized carbons (Fsp3) is 0.250. The van der Waals surface area contributed by atoms with Crippen LogP contribution in [0.1, 0.15) is 24.1 Å². The summed E-state index contributed by atoms with van der Waals surface area (Å²) < 4.78 is 13.9. The van der Waals surface area contributed by atoms with E-state index in [1.165, 1.54) is 12.1 Å². The molecule has 5 heteroatoms. The first-order valence-electron chi connectivity index (χ1n) is 6.63. The Kier molecular flexibility index (Phi) is 6.06. The Morgan fingerprint density at radius 1 is 1.14 bits per heavy atom. The average Bonchev–Trinajstić information content (AvgIpc) is 2.40. The van der Waals surface area contributed by atoms with Crippen LogP contribution in [0.3, 0.4) is 0 Å². The fourth-order valence-corrected chi connectivity index (χ4v) is 3.29. The Morgan fingerprint density at radius 2 is 1.81 bits per heavy atom. The van der Waals surface area contributed by atoms with Crippen molar-refractivity contribution in [3.05, 3.63) is 67.9 Å². The lowest BCUT2D eigenvalue weighted by Crippen LogP contribution is -2.23. The second-order valence-corrected chi connectivity index (χ2v) is 6.48. The number of likely N-dealkylation sites (N-methyl/N-ethyl adjacent to an activating group) is 1. The molecule has 1 unspecified atom stereocenters. The highest BCUT2D eigenvalue weighted by Crippen LogP contribution is 2.28. The molecular weight excluding hydrogens is 376 g/mol. The van der Waals surface area contributed by atoms with Crippen molar-refractivity contribution in [1.82, 2.24) is 5.32 Å². The van der Waals surface area contributed by atoms with Crippen LogP contribution in [0.15, 0.2) is 40.9 Å². The molecule has 2 rings (SSSR count). The van der Waals surface area contributed by atoms with E-state index in [-0.39, 0.29) is 11.9 Å². The monoisotopic (exact) mass is 389 g/mol. The van der Waals surface area contributed by atoms with Crippen molar-refractivity contribution in [2.24, 2.45) is 0 Å². The molecule has 21 heavy (non-hydrogen) atoms. The minimum absolute atomic E-state index is 0.0629. The molecule has 0 spiro atoms. The topological polar surface area (TPSA) is 12.0 Å². The van der Waals surface area contributed by atoms with Gasteiger partial charge in [0.25, 0.3) is 0 Å². The number of nitrogens with one attached hydrogen (secondary N) is 1. The molecule has 0 bridgehead atoms. The maximum Gasteiger partial charge on any atom is 0.124 e. The molecule has 0 saturated heterocycles. The predicted octanol–water partition coefficient (Wildman–Crippen LogP) is 5.79. The summed E-state index contributed by atoms with van der Waals surface area (Å²) in [6.07, 6.45) is 0.714. The molecular formula is C16H15BrCl2FN. The number of halogens is 4. The van der Waals surface area contributed by atoms with Gasteiger partial charge in [-0.05, 0) is 54.4 Å². The van der Waals surface area contributed by atoms with E-state index in [9.17, 15) is 4.39 Å². The molecule has 0 aromatic heterocycles. The molecule has 0 aliphatic rings. The van der Waals surface area contributed by atoms with Crippen molar-refractivity contribution >= 4 is 39.1 Å². The number of rotatable bonds is 5. The normalized spacial score (nSPS) is 12.4. The quantitative estimate of drug-likeness (QED) is 0.681. The summed E-state index contributed by atoms with van der Waals surface area (Å²) in [6.45, 7) is 2.85. The molecule has 0 aliphatic carbocycles. The molecule has 0 radical (unpaired) electrons. The van der Waals surface area contributed by atoms with Crippen LogP contribution >= 0.6 is 39.1 Å². The summed E-state index contributed by atoms with van der Waals surface area (Å²) >= 11 is 15.6. The maximum atomic E-state index is 13.2. The summed E-state index contributed by atoms with van der Waals surface area (Å²) in [6, 6.07) is 10.3. The third-order valence-electron chi connectivity index (χ3n) is 3.18. The summed E-state index contributed by atoms with van der Waals surface area (Å²) in [4.78, 5) is 0. The first-order valence-corrected chi connectivity index (χ1v) is 8.17. The maximum absolute atomic E-state index is 13.2. The zero-order valence-corrected chi connectivity index (χ0v) is 14.6. The van der Waals surface area contributed by atoms with Crippen LogP contribution in [0.5, 0.6) is 0 Å². The summed E-state index contributed by atoms with van der Waals surface area (Å²) in [5.41, 5.74) is 2.05. The first kappa shape index (κ1) is 16.8. The van der Waals surface area contributed by atoms with Crippen LogP contribution in [0.25, 0.3) is 0 Å². The zero-order valence-electron chi connectivity index (χ0n) is 11.5. The van der Waals surface area contributed by atoms with Gasteiger partial charge in [-0.25, -0.2) is 4.39 Å². The average molecular weight is 391 g/mol.